The van der Waals surface area contributed by atoms with Crippen LogP contribution in [0.25, 0.3) is 0 Å². The van der Waals surface area contributed by atoms with E-state index in [1.807, 2.05) is 54.6 Å². The smallest absolute Gasteiger partial charge is 0.145 e. The Labute approximate surface area is 180 Å². The molecule has 0 spiro atoms. The summed E-state index contributed by atoms with van der Waals surface area (Å²) in [5.41, 5.74) is 4.46. The van der Waals surface area contributed by atoms with Gasteiger partial charge in [0.1, 0.15) is 17.3 Å². The van der Waals surface area contributed by atoms with Gasteiger partial charge in [-0.3, -0.25) is 4.79 Å². The Morgan fingerprint density at radius 3 is 2.45 bits per heavy atom. The van der Waals surface area contributed by atoms with Crippen molar-refractivity contribution < 1.29 is 13.9 Å². The van der Waals surface area contributed by atoms with E-state index < -0.39 is 5.92 Å². The number of hydrogen-bond donors (Lipinski definition) is 2. The van der Waals surface area contributed by atoms with Crippen molar-refractivity contribution in [3.63, 3.8) is 0 Å². The molecule has 0 fully saturated rings. The highest BCUT2D eigenvalue weighted by atomic mass is 19.1. The van der Waals surface area contributed by atoms with Crippen molar-refractivity contribution >= 4 is 17.2 Å². The first kappa shape index (κ1) is 19.4. The normalized spacial score (nSPS) is 22.2. The number of halogens is 1. The van der Waals surface area contributed by atoms with Gasteiger partial charge in [-0.2, -0.15) is 0 Å². The number of ketones is 1. The van der Waals surface area contributed by atoms with Crippen LogP contribution < -0.4 is 15.4 Å². The van der Waals surface area contributed by atoms with Gasteiger partial charge < -0.3 is 15.4 Å². The van der Waals surface area contributed by atoms with Crippen molar-refractivity contribution in [1.29, 1.82) is 0 Å². The first-order valence-corrected chi connectivity index (χ1v) is 10.4. The van der Waals surface area contributed by atoms with Gasteiger partial charge in [-0.25, -0.2) is 4.39 Å². The van der Waals surface area contributed by atoms with Gasteiger partial charge in [-0.05, 0) is 47.5 Å². The number of carbonyl (C=O) groups is 1. The summed E-state index contributed by atoms with van der Waals surface area (Å²) in [4.78, 5) is 13.5. The zero-order chi connectivity index (χ0) is 21.4. The molecule has 3 aromatic rings. The molecule has 3 aromatic carbocycles. The lowest BCUT2D eigenvalue weighted by atomic mass is 9.76. The molecule has 3 unspecified atom stereocenters. The van der Waals surface area contributed by atoms with Gasteiger partial charge in [-0.15, -0.1) is 0 Å². The summed E-state index contributed by atoms with van der Waals surface area (Å²) >= 11 is 0. The molecule has 5 heteroatoms. The Balaban J connectivity index is 1.60. The molecule has 31 heavy (non-hydrogen) atoms. The third-order valence-corrected chi connectivity index (χ3v) is 6.09. The summed E-state index contributed by atoms with van der Waals surface area (Å²) in [6.45, 7) is 0. The second kappa shape index (κ2) is 7.91. The van der Waals surface area contributed by atoms with Crippen LogP contribution >= 0.6 is 0 Å². The van der Waals surface area contributed by atoms with Gasteiger partial charge in [0.25, 0.3) is 0 Å². The summed E-state index contributed by atoms with van der Waals surface area (Å²) < 4.78 is 19.3. The maximum Gasteiger partial charge on any atom is 0.145 e. The maximum absolute atomic E-state index is 14.0. The van der Waals surface area contributed by atoms with Gasteiger partial charge in [-0.1, -0.05) is 42.5 Å². The van der Waals surface area contributed by atoms with E-state index in [-0.39, 0.29) is 23.6 Å². The molecule has 0 radical (unpaired) electrons. The van der Waals surface area contributed by atoms with E-state index in [4.69, 9.17) is 4.74 Å². The first-order chi connectivity index (χ1) is 15.1. The van der Waals surface area contributed by atoms with Crippen LogP contribution in [-0.2, 0) is 4.79 Å². The number of allylic oxidation sites excluding steroid dienone is 1. The molecule has 0 amide bonds. The summed E-state index contributed by atoms with van der Waals surface area (Å²) in [5.74, 6) is 0.141. The van der Waals surface area contributed by atoms with Gasteiger partial charge >= 0.3 is 0 Å². The van der Waals surface area contributed by atoms with E-state index in [2.05, 4.69) is 16.7 Å². The topological polar surface area (TPSA) is 50.4 Å². The third-order valence-electron chi connectivity index (χ3n) is 6.09. The Morgan fingerprint density at radius 2 is 1.71 bits per heavy atom. The molecule has 3 atom stereocenters. The molecule has 156 valence electrons. The number of carbonyl (C=O) groups excluding carboxylic acids is 1. The lowest BCUT2D eigenvalue weighted by Crippen LogP contribution is -2.33. The van der Waals surface area contributed by atoms with E-state index in [0.717, 1.165) is 33.9 Å². The summed E-state index contributed by atoms with van der Waals surface area (Å²) in [5, 5.41) is 6.98. The lowest BCUT2D eigenvalue weighted by molar-refractivity contribution is -0.122. The zero-order valence-corrected chi connectivity index (χ0v) is 17.1. The van der Waals surface area contributed by atoms with Gasteiger partial charge in [0.15, 0.2) is 0 Å². The van der Waals surface area contributed by atoms with E-state index in [1.165, 1.54) is 12.1 Å². The SMILES string of the molecule is COc1ccc(C2C=C3Nc4ccccc4NC(c4cccc(F)c4)C3C(=O)C2)cc1. The van der Waals surface area contributed by atoms with Crippen LogP contribution in [0.3, 0.4) is 0 Å². The van der Waals surface area contributed by atoms with Crippen molar-refractivity contribution in [1.82, 2.24) is 0 Å². The van der Waals surface area contributed by atoms with Crippen molar-refractivity contribution in [3.05, 3.63) is 102 Å². The van der Waals surface area contributed by atoms with Crippen LogP contribution in [0.15, 0.2) is 84.6 Å². The second-order valence-corrected chi connectivity index (χ2v) is 8.00. The van der Waals surface area contributed by atoms with E-state index in [1.54, 1.807) is 13.2 Å². The molecule has 1 aliphatic carbocycles. The fraction of sp³-hybridized carbons (Fsp3) is 0.192. The minimum Gasteiger partial charge on any atom is -0.497 e. The Bertz CT molecular complexity index is 1160. The number of ether oxygens (including phenoxy) is 1. The fourth-order valence-corrected chi connectivity index (χ4v) is 4.55. The molecular formula is C26H23FN2O2. The Morgan fingerprint density at radius 1 is 0.935 bits per heavy atom. The quantitative estimate of drug-likeness (QED) is 0.580. The zero-order valence-electron chi connectivity index (χ0n) is 17.1. The molecule has 4 nitrogen and oxygen atoms in total. The summed E-state index contributed by atoms with van der Waals surface area (Å²) in [6.07, 6.45) is 2.54. The van der Waals surface area contributed by atoms with Crippen LogP contribution in [0, 0.1) is 11.7 Å². The van der Waals surface area contributed by atoms with Crippen molar-refractivity contribution in [2.24, 2.45) is 5.92 Å². The molecular weight excluding hydrogens is 391 g/mol. The average Bonchev–Trinajstić information content (AvgIpc) is 2.96. The molecule has 5 rings (SSSR count). The average molecular weight is 414 g/mol. The number of rotatable bonds is 3. The summed E-state index contributed by atoms with van der Waals surface area (Å²) in [7, 11) is 1.64. The largest absolute Gasteiger partial charge is 0.497 e. The highest BCUT2D eigenvalue weighted by Crippen LogP contribution is 2.44. The molecule has 1 heterocycles. The minimum atomic E-state index is -0.427. The molecule has 0 bridgehead atoms. The van der Waals surface area contributed by atoms with Crippen LogP contribution in [-0.4, -0.2) is 12.9 Å². The molecule has 2 N–H and O–H groups in total. The van der Waals surface area contributed by atoms with Gasteiger partial charge in [0.2, 0.25) is 0 Å². The number of nitrogens with one attached hydrogen (secondary N) is 2. The van der Waals surface area contributed by atoms with Crippen LogP contribution in [0.4, 0.5) is 15.8 Å². The fourth-order valence-electron chi connectivity index (χ4n) is 4.55. The van der Waals surface area contributed by atoms with E-state index in [0.29, 0.717) is 6.42 Å². The number of fused-ring (bicyclic) bond motifs is 2. The third kappa shape index (κ3) is 3.67. The molecule has 0 saturated heterocycles. The molecule has 0 saturated carbocycles. The second-order valence-electron chi connectivity index (χ2n) is 8.00. The number of hydrogen-bond acceptors (Lipinski definition) is 4. The summed E-state index contributed by atoms with van der Waals surface area (Å²) in [6, 6.07) is 21.8. The number of para-hydroxylation sites is 2. The van der Waals surface area contributed by atoms with E-state index >= 15 is 0 Å². The number of methoxy groups -OCH3 is 1. The maximum atomic E-state index is 14.0. The van der Waals surface area contributed by atoms with Crippen LogP contribution in [0.5, 0.6) is 5.75 Å². The minimum absolute atomic E-state index is 0.0319. The van der Waals surface area contributed by atoms with Gasteiger partial charge in [0.05, 0.1) is 30.4 Å². The highest BCUT2D eigenvalue weighted by Gasteiger charge is 2.39. The first-order valence-electron chi connectivity index (χ1n) is 10.4. The van der Waals surface area contributed by atoms with Crippen LogP contribution in [0.2, 0.25) is 0 Å². The van der Waals surface area contributed by atoms with Crippen LogP contribution in [0.1, 0.15) is 29.5 Å². The standard InChI is InChI=1S/C26H23FN2O2/c1-31-20-11-9-16(10-12-20)18-14-23-25(24(30)15-18)26(17-5-4-6-19(27)13-17)29-22-8-3-2-7-21(22)28-23/h2-14,18,25-26,28-29H,15H2,1H3. The van der Waals surface area contributed by atoms with Crippen molar-refractivity contribution in [3.8, 4) is 5.75 Å². The van der Waals surface area contributed by atoms with Gasteiger partial charge in [0, 0.05) is 18.0 Å². The molecule has 2 aliphatic rings. The monoisotopic (exact) mass is 414 g/mol. The van der Waals surface area contributed by atoms with Crippen molar-refractivity contribution in [2.45, 2.75) is 18.4 Å². The van der Waals surface area contributed by atoms with Crippen molar-refractivity contribution in [2.75, 3.05) is 17.7 Å². The number of anilines is 2. The predicted octanol–water partition coefficient (Wildman–Crippen LogP) is 5.67. The van der Waals surface area contributed by atoms with E-state index in [9.17, 15) is 9.18 Å². The molecule has 0 aromatic heterocycles. The molecule has 1 aliphatic heterocycles. The lowest BCUT2D eigenvalue weighted by Gasteiger charge is -2.32. The highest BCUT2D eigenvalue weighted by molar-refractivity contribution is 5.90. The predicted molar refractivity (Wildman–Crippen MR) is 120 cm³/mol. The number of Topliss-reactive ketones (excluding diaryl/α,β-unsaturated/α-hetero) is 1. The Kier molecular flexibility index (Phi) is 4.94. The Hall–Kier alpha value is -3.60. The number of benzene rings is 3.